The predicted octanol–water partition coefficient (Wildman–Crippen LogP) is 3.56. The van der Waals surface area contributed by atoms with Gasteiger partial charge in [-0.3, -0.25) is 14.4 Å². The van der Waals surface area contributed by atoms with Crippen LogP contribution in [0.1, 0.15) is 47.4 Å². The molecule has 0 aromatic heterocycles. The molecule has 6 heteroatoms. The predicted molar refractivity (Wildman–Crippen MR) is 117 cm³/mol. The fourth-order valence-electron chi connectivity index (χ4n) is 3.53. The maximum absolute atomic E-state index is 13.0. The van der Waals surface area contributed by atoms with E-state index in [1.807, 2.05) is 6.07 Å². The summed E-state index contributed by atoms with van der Waals surface area (Å²) in [4.78, 5) is 39.6. The lowest BCUT2D eigenvalue weighted by Crippen LogP contribution is -2.46. The van der Waals surface area contributed by atoms with Gasteiger partial charge in [-0.15, -0.1) is 0 Å². The van der Waals surface area contributed by atoms with Crippen LogP contribution in [0.15, 0.2) is 54.6 Å². The van der Waals surface area contributed by atoms with Crippen molar-refractivity contribution in [3.05, 3.63) is 65.7 Å². The Bertz CT molecular complexity index is 896. The molecule has 1 saturated heterocycles. The van der Waals surface area contributed by atoms with E-state index in [4.69, 9.17) is 0 Å². The Kier molecular flexibility index (Phi) is 7.22. The van der Waals surface area contributed by atoms with Gasteiger partial charge in [-0.2, -0.15) is 0 Å². The summed E-state index contributed by atoms with van der Waals surface area (Å²) in [6, 6.07) is 15.9. The third-order valence-corrected chi connectivity index (χ3v) is 5.17. The van der Waals surface area contributed by atoms with Gasteiger partial charge in [0.25, 0.3) is 11.8 Å². The molecule has 2 N–H and O–H groups in total. The number of hydrogen-bond donors (Lipinski definition) is 2. The number of rotatable bonds is 6. The van der Waals surface area contributed by atoms with E-state index in [-0.39, 0.29) is 23.6 Å². The summed E-state index contributed by atoms with van der Waals surface area (Å²) in [5.74, 6) is -0.108. The number of amides is 3. The lowest BCUT2D eigenvalue weighted by molar-refractivity contribution is -0.126. The second-order valence-corrected chi connectivity index (χ2v) is 8.13. The first-order valence-corrected chi connectivity index (χ1v) is 10.5. The standard InChI is InChI=1S/C24H29N3O3/c1-17(2)15-25-22(28)20-11-7-13-27(16-20)24(30)19-10-6-12-21(14-19)26-23(29)18-8-4-3-5-9-18/h3-6,8-10,12,14,17,20H,7,11,13,15-16H2,1-2H3,(H,25,28)(H,26,29)/t20-/m1/s1. The zero-order chi connectivity index (χ0) is 21.5. The molecule has 1 atom stereocenters. The van der Waals surface area contributed by atoms with Crippen molar-refractivity contribution in [3.63, 3.8) is 0 Å². The number of nitrogens with one attached hydrogen (secondary N) is 2. The molecule has 0 radical (unpaired) electrons. The third kappa shape index (κ3) is 5.69. The Morgan fingerprint density at radius 2 is 1.77 bits per heavy atom. The summed E-state index contributed by atoms with van der Waals surface area (Å²) in [5.41, 5.74) is 1.63. The van der Waals surface area contributed by atoms with Crippen LogP contribution in [0.3, 0.4) is 0 Å². The minimum absolute atomic E-state index is 0.0186. The number of carbonyl (C=O) groups is 3. The van der Waals surface area contributed by atoms with Gasteiger partial charge < -0.3 is 15.5 Å². The van der Waals surface area contributed by atoms with Gasteiger partial charge in [-0.25, -0.2) is 0 Å². The summed E-state index contributed by atoms with van der Waals surface area (Å²) in [7, 11) is 0. The van der Waals surface area contributed by atoms with Gasteiger partial charge in [0.2, 0.25) is 5.91 Å². The normalized spacial score (nSPS) is 16.2. The van der Waals surface area contributed by atoms with Crippen molar-refractivity contribution >= 4 is 23.4 Å². The molecule has 0 bridgehead atoms. The second kappa shape index (κ2) is 10.1. The average Bonchev–Trinajstić information content (AvgIpc) is 2.77. The molecule has 0 spiro atoms. The first-order valence-electron chi connectivity index (χ1n) is 10.5. The highest BCUT2D eigenvalue weighted by molar-refractivity contribution is 6.05. The molecule has 1 aliphatic rings. The SMILES string of the molecule is CC(C)CNC(=O)[C@@H]1CCCN(C(=O)c2cccc(NC(=O)c3ccccc3)c2)C1. The average molecular weight is 408 g/mol. The highest BCUT2D eigenvalue weighted by atomic mass is 16.2. The van der Waals surface area contributed by atoms with Crippen LogP contribution in [-0.2, 0) is 4.79 Å². The Morgan fingerprint density at radius 1 is 1.03 bits per heavy atom. The topological polar surface area (TPSA) is 78.5 Å². The first kappa shape index (κ1) is 21.6. The van der Waals surface area contributed by atoms with E-state index in [9.17, 15) is 14.4 Å². The van der Waals surface area contributed by atoms with Gasteiger partial charge >= 0.3 is 0 Å². The van der Waals surface area contributed by atoms with E-state index in [0.717, 1.165) is 12.8 Å². The minimum atomic E-state index is -0.222. The van der Waals surface area contributed by atoms with Crippen molar-refractivity contribution in [1.29, 1.82) is 0 Å². The lowest BCUT2D eigenvalue weighted by Gasteiger charge is -2.32. The Morgan fingerprint density at radius 3 is 2.50 bits per heavy atom. The van der Waals surface area contributed by atoms with Crippen LogP contribution in [0, 0.1) is 11.8 Å². The molecule has 0 aliphatic carbocycles. The van der Waals surface area contributed by atoms with Crippen molar-refractivity contribution < 1.29 is 14.4 Å². The third-order valence-electron chi connectivity index (χ3n) is 5.17. The van der Waals surface area contributed by atoms with E-state index in [1.54, 1.807) is 53.4 Å². The van der Waals surface area contributed by atoms with Crippen LogP contribution in [0.25, 0.3) is 0 Å². The molecule has 1 aliphatic heterocycles. The molecule has 1 heterocycles. The smallest absolute Gasteiger partial charge is 0.255 e. The van der Waals surface area contributed by atoms with Crippen LogP contribution in [0.2, 0.25) is 0 Å². The van der Waals surface area contributed by atoms with Crippen molar-refractivity contribution in [2.75, 3.05) is 25.0 Å². The molecule has 2 aromatic rings. The summed E-state index contributed by atoms with van der Waals surface area (Å²) < 4.78 is 0. The number of nitrogens with zero attached hydrogens (tertiary/aromatic N) is 1. The number of likely N-dealkylation sites (tertiary alicyclic amines) is 1. The fourth-order valence-corrected chi connectivity index (χ4v) is 3.53. The maximum Gasteiger partial charge on any atom is 0.255 e. The molecule has 6 nitrogen and oxygen atoms in total. The van der Waals surface area contributed by atoms with E-state index in [0.29, 0.717) is 42.4 Å². The van der Waals surface area contributed by atoms with Gasteiger partial charge in [0, 0.05) is 36.4 Å². The highest BCUT2D eigenvalue weighted by Crippen LogP contribution is 2.20. The molecule has 30 heavy (non-hydrogen) atoms. The van der Waals surface area contributed by atoms with E-state index in [2.05, 4.69) is 24.5 Å². The largest absolute Gasteiger partial charge is 0.356 e. The molecule has 0 saturated carbocycles. The summed E-state index contributed by atoms with van der Waals surface area (Å²) >= 11 is 0. The molecule has 1 fully saturated rings. The van der Waals surface area contributed by atoms with Crippen molar-refractivity contribution in [1.82, 2.24) is 10.2 Å². The second-order valence-electron chi connectivity index (χ2n) is 8.13. The van der Waals surface area contributed by atoms with Gasteiger partial charge in [-0.05, 0) is 49.1 Å². The zero-order valence-electron chi connectivity index (χ0n) is 17.6. The quantitative estimate of drug-likeness (QED) is 0.768. The van der Waals surface area contributed by atoms with Crippen molar-refractivity contribution in [3.8, 4) is 0 Å². The Balaban J connectivity index is 1.64. The minimum Gasteiger partial charge on any atom is -0.356 e. The molecular formula is C24H29N3O3. The summed E-state index contributed by atoms with van der Waals surface area (Å²) in [6.45, 7) is 5.81. The van der Waals surface area contributed by atoms with Gasteiger partial charge in [0.05, 0.1) is 5.92 Å². The van der Waals surface area contributed by atoms with Crippen LogP contribution < -0.4 is 10.6 Å². The molecule has 0 unspecified atom stereocenters. The Labute approximate surface area is 177 Å². The van der Waals surface area contributed by atoms with Crippen molar-refractivity contribution in [2.45, 2.75) is 26.7 Å². The molecule has 2 aromatic carbocycles. The first-order chi connectivity index (χ1) is 14.4. The number of piperidine rings is 1. The van der Waals surface area contributed by atoms with Crippen molar-refractivity contribution in [2.24, 2.45) is 11.8 Å². The molecule has 3 rings (SSSR count). The van der Waals surface area contributed by atoms with Gasteiger partial charge in [-0.1, -0.05) is 38.1 Å². The number of anilines is 1. The lowest BCUT2D eigenvalue weighted by atomic mass is 9.96. The van der Waals surface area contributed by atoms with E-state index < -0.39 is 0 Å². The van der Waals surface area contributed by atoms with Crippen LogP contribution in [-0.4, -0.2) is 42.3 Å². The number of benzene rings is 2. The highest BCUT2D eigenvalue weighted by Gasteiger charge is 2.29. The van der Waals surface area contributed by atoms with E-state index >= 15 is 0 Å². The Hall–Kier alpha value is -3.15. The van der Waals surface area contributed by atoms with E-state index in [1.165, 1.54) is 0 Å². The molecule has 3 amide bonds. The summed E-state index contributed by atoms with van der Waals surface area (Å²) in [6.07, 6.45) is 1.59. The van der Waals surface area contributed by atoms with Gasteiger partial charge in [0.1, 0.15) is 0 Å². The van der Waals surface area contributed by atoms with Crippen LogP contribution >= 0.6 is 0 Å². The number of hydrogen-bond acceptors (Lipinski definition) is 3. The molecule has 158 valence electrons. The monoisotopic (exact) mass is 407 g/mol. The van der Waals surface area contributed by atoms with Crippen LogP contribution in [0.5, 0.6) is 0 Å². The van der Waals surface area contributed by atoms with Gasteiger partial charge in [0.15, 0.2) is 0 Å². The fraction of sp³-hybridized carbons (Fsp3) is 0.375. The zero-order valence-corrected chi connectivity index (χ0v) is 17.6. The molecular weight excluding hydrogens is 378 g/mol. The van der Waals surface area contributed by atoms with Crippen LogP contribution in [0.4, 0.5) is 5.69 Å². The maximum atomic E-state index is 13.0. The summed E-state index contributed by atoms with van der Waals surface area (Å²) in [5, 5.41) is 5.81. The number of carbonyl (C=O) groups excluding carboxylic acids is 3.